The largest absolute Gasteiger partial charge is 0.380 e. The molecule has 0 fully saturated rings. The third kappa shape index (κ3) is 15.8. The van der Waals surface area contributed by atoms with Gasteiger partial charge >= 0.3 is 0 Å². The lowest BCUT2D eigenvalue weighted by atomic mass is 10.1. The summed E-state index contributed by atoms with van der Waals surface area (Å²) in [7, 11) is 0. The van der Waals surface area contributed by atoms with E-state index < -0.39 is 0 Å². The Hall–Kier alpha value is -0.610. The van der Waals surface area contributed by atoms with Crippen molar-refractivity contribution >= 4 is 5.84 Å². The molecule has 0 aromatic carbocycles. The Kier molecular flexibility index (Phi) is 17.9. The molecule has 0 heterocycles. The maximum absolute atomic E-state index is 5.37. The number of hydrogen-bond donors (Lipinski definition) is 1. The molecule has 22 heavy (non-hydrogen) atoms. The molecule has 0 amide bonds. The topological polar surface area (TPSA) is 42.8 Å². The van der Waals surface area contributed by atoms with Gasteiger partial charge in [0.15, 0.2) is 0 Å². The lowest BCUT2D eigenvalue weighted by Gasteiger charge is -2.10. The molecule has 0 saturated carbocycles. The quantitative estimate of drug-likeness (QED) is 0.264. The summed E-state index contributed by atoms with van der Waals surface area (Å²) in [5.74, 6) is 1.12. The summed E-state index contributed by atoms with van der Waals surface area (Å²) in [6.07, 6.45) is 10.4. The standard InChI is InChI=1S/C18H38N2O2/c1-4-7-8-9-10-11-12-13-18(19-14-16-21-5-2)20-15-17-22-6-3/h4-17H2,1-3H3,(H,19,20). The highest BCUT2D eigenvalue weighted by molar-refractivity contribution is 5.82. The van der Waals surface area contributed by atoms with Gasteiger partial charge < -0.3 is 14.8 Å². The number of rotatable bonds is 16. The molecule has 0 atom stereocenters. The average Bonchev–Trinajstić information content (AvgIpc) is 2.53. The first-order valence-electron chi connectivity index (χ1n) is 9.27. The van der Waals surface area contributed by atoms with E-state index in [1.54, 1.807) is 0 Å². The minimum atomic E-state index is 0.712. The number of nitrogens with one attached hydrogen (secondary N) is 1. The Morgan fingerprint density at radius 2 is 1.45 bits per heavy atom. The van der Waals surface area contributed by atoms with Crippen molar-refractivity contribution in [2.45, 2.75) is 72.1 Å². The summed E-state index contributed by atoms with van der Waals surface area (Å²) in [6.45, 7) is 10.9. The van der Waals surface area contributed by atoms with Gasteiger partial charge in [-0.3, -0.25) is 4.99 Å². The Balaban J connectivity index is 3.80. The Morgan fingerprint density at radius 3 is 2.14 bits per heavy atom. The number of amidine groups is 1. The summed E-state index contributed by atoms with van der Waals surface area (Å²) in [5.41, 5.74) is 0. The fourth-order valence-corrected chi connectivity index (χ4v) is 2.27. The van der Waals surface area contributed by atoms with Gasteiger partial charge in [0, 0.05) is 26.2 Å². The molecule has 0 aliphatic carbocycles. The van der Waals surface area contributed by atoms with E-state index in [4.69, 9.17) is 9.47 Å². The minimum Gasteiger partial charge on any atom is -0.380 e. The highest BCUT2D eigenvalue weighted by Gasteiger charge is 1.99. The zero-order valence-corrected chi connectivity index (χ0v) is 15.2. The molecule has 0 aromatic rings. The number of unbranched alkanes of at least 4 members (excludes halogenated alkanes) is 6. The van der Waals surface area contributed by atoms with E-state index in [0.29, 0.717) is 6.61 Å². The molecule has 0 spiro atoms. The van der Waals surface area contributed by atoms with Gasteiger partial charge in [-0.1, -0.05) is 45.4 Å². The first-order valence-corrected chi connectivity index (χ1v) is 9.27. The van der Waals surface area contributed by atoms with Crippen LogP contribution in [0.15, 0.2) is 4.99 Å². The van der Waals surface area contributed by atoms with Gasteiger partial charge in [0.1, 0.15) is 0 Å². The Labute approximate surface area is 138 Å². The Bertz CT molecular complexity index is 245. The summed E-state index contributed by atoms with van der Waals surface area (Å²) < 4.78 is 10.7. The molecular weight excluding hydrogens is 276 g/mol. The van der Waals surface area contributed by atoms with Gasteiger partial charge in [-0.2, -0.15) is 0 Å². The van der Waals surface area contributed by atoms with Crippen LogP contribution in [-0.4, -0.2) is 45.4 Å². The van der Waals surface area contributed by atoms with Crippen molar-refractivity contribution in [3.63, 3.8) is 0 Å². The van der Waals surface area contributed by atoms with Crippen molar-refractivity contribution in [1.82, 2.24) is 5.32 Å². The second-order valence-corrected chi connectivity index (χ2v) is 5.52. The third-order valence-corrected chi connectivity index (χ3v) is 3.54. The summed E-state index contributed by atoms with van der Waals surface area (Å²) in [5, 5.41) is 3.41. The van der Waals surface area contributed by atoms with Gasteiger partial charge in [-0.15, -0.1) is 0 Å². The number of hydrogen-bond acceptors (Lipinski definition) is 3. The van der Waals surface area contributed by atoms with Crippen LogP contribution in [0, 0.1) is 0 Å². The van der Waals surface area contributed by atoms with Crippen molar-refractivity contribution in [1.29, 1.82) is 0 Å². The van der Waals surface area contributed by atoms with Crippen molar-refractivity contribution in [2.75, 3.05) is 39.5 Å². The molecule has 0 aromatic heterocycles. The summed E-state index contributed by atoms with van der Waals surface area (Å²) in [4.78, 5) is 4.63. The normalized spacial score (nSPS) is 11.9. The molecule has 0 rings (SSSR count). The minimum absolute atomic E-state index is 0.712. The lowest BCUT2D eigenvalue weighted by Crippen LogP contribution is -2.28. The number of ether oxygens (including phenoxy) is 2. The van der Waals surface area contributed by atoms with Crippen LogP contribution in [0.1, 0.15) is 72.1 Å². The van der Waals surface area contributed by atoms with E-state index in [2.05, 4.69) is 17.2 Å². The Morgan fingerprint density at radius 1 is 0.818 bits per heavy atom. The third-order valence-electron chi connectivity index (χ3n) is 3.54. The molecule has 0 radical (unpaired) electrons. The van der Waals surface area contributed by atoms with E-state index >= 15 is 0 Å². The van der Waals surface area contributed by atoms with Crippen LogP contribution < -0.4 is 5.32 Å². The molecule has 0 aliphatic heterocycles. The fraction of sp³-hybridized carbons (Fsp3) is 0.944. The molecular formula is C18H38N2O2. The van der Waals surface area contributed by atoms with E-state index in [1.165, 1.54) is 44.9 Å². The molecule has 1 N–H and O–H groups in total. The highest BCUT2D eigenvalue weighted by Crippen LogP contribution is 2.08. The second-order valence-electron chi connectivity index (χ2n) is 5.52. The van der Waals surface area contributed by atoms with Crippen molar-refractivity contribution in [3.05, 3.63) is 0 Å². The van der Waals surface area contributed by atoms with Gasteiger partial charge in [0.25, 0.3) is 0 Å². The van der Waals surface area contributed by atoms with Crippen LogP contribution in [0.3, 0.4) is 0 Å². The molecule has 0 unspecified atom stereocenters. The van der Waals surface area contributed by atoms with E-state index in [1.807, 2.05) is 13.8 Å². The van der Waals surface area contributed by atoms with Crippen LogP contribution in [0.4, 0.5) is 0 Å². The molecule has 4 heteroatoms. The molecule has 132 valence electrons. The van der Waals surface area contributed by atoms with Crippen LogP contribution >= 0.6 is 0 Å². The van der Waals surface area contributed by atoms with Crippen molar-refractivity contribution < 1.29 is 9.47 Å². The molecule has 0 saturated heterocycles. The average molecular weight is 315 g/mol. The second kappa shape index (κ2) is 18.4. The first-order chi connectivity index (χ1) is 10.8. The summed E-state index contributed by atoms with van der Waals surface area (Å²) >= 11 is 0. The fourth-order valence-electron chi connectivity index (χ4n) is 2.27. The SMILES string of the molecule is CCCCCCCCCC(=NCCOCC)NCCOCC. The van der Waals surface area contributed by atoms with Crippen LogP contribution in [0.2, 0.25) is 0 Å². The van der Waals surface area contributed by atoms with Gasteiger partial charge in [0.05, 0.1) is 25.6 Å². The van der Waals surface area contributed by atoms with Crippen molar-refractivity contribution in [2.24, 2.45) is 4.99 Å². The highest BCUT2D eigenvalue weighted by atomic mass is 16.5. The molecule has 0 bridgehead atoms. The van der Waals surface area contributed by atoms with E-state index in [-0.39, 0.29) is 0 Å². The van der Waals surface area contributed by atoms with Crippen LogP contribution in [0.25, 0.3) is 0 Å². The predicted molar refractivity (Wildman–Crippen MR) is 95.9 cm³/mol. The molecule has 4 nitrogen and oxygen atoms in total. The predicted octanol–water partition coefficient (Wildman–Crippen LogP) is 4.19. The lowest BCUT2D eigenvalue weighted by molar-refractivity contribution is 0.152. The maximum atomic E-state index is 5.37. The zero-order chi connectivity index (χ0) is 16.3. The van der Waals surface area contributed by atoms with E-state index in [9.17, 15) is 0 Å². The van der Waals surface area contributed by atoms with Gasteiger partial charge in [-0.25, -0.2) is 0 Å². The maximum Gasteiger partial charge on any atom is 0.0964 e. The smallest absolute Gasteiger partial charge is 0.0964 e. The van der Waals surface area contributed by atoms with E-state index in [0.717, 1.165) is 45.2 Å². The van der Waals surface area contributed by atoms with Crippen molar-refractivity contribution in [3.8, 4) is 0 Å². The number of nitrogens with zero attached hydrogens (tertiary/aromatic N) is 1. The number of aliphatic imine (C=N–C) groups is 1. The monoisotopic (exact) mass is 314 g/mol. The van der Waals surface area contributed by atoms with Gasteiger partial charge in [0.2, 0.25) is 0 Å². The van der Waals surface area contributed by atoms with Gasteiger partial charge in [-0.05, 0) is 20.3 Å². The van der Waals surface area contributed by atoms with Crippen LogP contribution in [0.5, 0.6) is 0 Å². The first kappa shape index (κ1) is 21.4. The van der Waals surface area contributed by atoms with Crippen LogP contribution in [-0.2, 0) is 9.47 Å². The summed E-state index contributed by atoms with van der Waals surface area (Å²) in [6, 6.07) is 0. The molecule has 0 aliphatic rings. The zero-order valence-electron chi connectivity index (χ0n) is 15.2.